The van der Waals surface area contributed by atoms with Crippen molar-refractivity contribution in [2.24, 2.45) is 5.92 Å². The fourth-order valence-electron chi connectivity index (χ4n) is 4.73. The summed E-state index contributed by atoms with van der Waals surface area (Å²) in [6.45, 7) is 4.60. The molecular formula is C27H35N3O3. The second-order valence-electron chi connectivity index (χ2n) is 9.23. The normalized spacial score (nSPS) is 21.6. The van der Waals surface area contributed by atoms with E-state index in [0.717, 1.165) is 44.8 Å². The van der Waals surface area contributed by atoms with E-state index >= 15 is 0 Å². The third-order valence-corrected chi connectivity index (χ3v) is 6.81. The first kappa shape index (κ1) is 23.3. The third-order valence-electron chi connectivity index (χ3n) is 6.81. The number of para-hydroxylation sites is 1. The number of rotatable bonds is 7. The number of likely N-dealkylation sites (tertiary alicyclic amines) is 1. The molecule has 0 bridgehead atoms. The van der Waals surface area contributed by atoms with Crippen LogP contribution in [0.4, 0.5) is 0 Å². The van der Waals surface area contributed by atoms with Crippen LogP contribution in [0, 0.1) is 5.92 Å². The van der Waals surface area contributed by atoms with Gasteiger partial charge in [-0.25, -0.2) is 0 Å². The summed E-state index contributed by atoms with van der Waals surface area (Å²) < 4.78 is 6.31. The van der Waals surface area contributed by atoms with E-state index in [-0.39, 0.29) is 23.8 Å². The van der Waals surface area contributed by atoms with Crippen molar-refractivity contribution in [3.05, 3.63) is 66.2 Å². The lowest BCUT2D eigenvalue weighted by Gasteiger charge is -2.40. The van der Waals surface area contributed by atoms with Crippen LogP contribution in [0.25, 0.3) is 0 Å². The summed E-state index contributed by atoms with van der Waals surface area (Å²) in [5.41, 5.74) is 1.18. The summed E-state index contributed by atoms with van der Waals surface area (Å²) in [7, 11) is 2.09. The Kier molecular flexibility index (Phi) is 8.00. The maximum atomic E-state index is 13.1. The van der Waals surface area contributed by atoms with Gasteiger partial charge in [0.05, 0.1) is 0 Å². The molecule has 2 aliphatic heterocycles. The molecule has 176 valence electrons. The Morgan fingerprint density at radius 3 is 2.21 bits per heavy atom. The monoisotopic (exact) mass is 449 g/mol. The highest BCUT2D eigenvalue weighted by Crippen LogP contribution is 2.27. The standard InChI is InChI=1S/C27H35N3O3/c1-28-16-18-29(19-17-28)27(32)20-23-21-30(26(31)13-12-22-8-4-2-5-9-22)15-14-25(23)33-24-10-6-3-7-11-24/h2-11,23,25H,12-21H2,1H3/t23-,25-/m0/s1. The van der Waals surface area contributed by atoms with Gasteiger partial charge < -0.3 is 19.4 Å². The number of piperazine rings is 1. The zero-order chi connectivity index (χ0) is 23.0. The molecule has 0 aliphatic carbocycles. The van der Waals surface area contributed by atoms with Crippen LogP contribution in [0.5, 0.6) is 5.75 Å². The Morgan fingerprint density at radius 1 is 0.848 bits per heavy atom. The molecule has 33 heavy (non-hydrogen) atoms. The quantitative estimate of drug-likeness (QED) is 0.652. The molecule has 0 saturated carbocycles. The summed E-state index contributed by atoms with van der Waals surface area (Å²) in [5.74, 6) is 1.15. The number of hydrogen-bond donors (Lipinski definition) is 0. The largest absolute Gasteiger partial charge is 0.490 e. The minimum atomic E-state index is -0.0676. The summed E-state index contributed by atoms with van der Waals surface area (Å²) in [6, 6.07) is 19.9. The zero-order valence-corrected chi connectivity index (χ0v) is 19.6. The van der Waals surface area contributed by atoms with E-state index in [1.165, 1.54) is 5.56 Å². The molecule has 2 aliphatic rings. The van der Waals surface area contributed by atoms with Crippen LogP contribution in [0.3, 0.4) is 0 Å². The van der Waals surface area contributed by atoms with E-state index < -0.39 is 0 Å². The Labute approximate surface area is 197 Å². The number of carbonyl (C=O) groups excluding carboxylic acids is 2. The van der Waals surface area contributed by atoms with E-state index in [2.05, 4.69) is 24.1 Å². The lowest BCUT2D eigenvalue weighted by Crippen LogP contribution is -2.51. The maximum Gasteiger partial charge on any atom is 0.223 e. The van der Waals surface area contributed by atoms with Crippen molar-refractivity contribution >= 4 is 11.8 Å². The average Bonchev–Trinajstić information content (AvgIpc) is 2.85. The molecule has 2 saturated heterocycles. The second-order valence-corrected chi connectivity index (χ2v) is 9.23. The van der Waals surface area contributed by atoms with E-state index in [1.54, 1.807) is 0 Å². The highest BCUT2D eigenvalue weighted by atomic mass is 16.5. The van der Waals surface area contributed by atoms with Crippen molar-refractivity contribution in [1.82, 2.24) is 14.7 Å². The third kappa shape index (κ3) is 6.57. The van der Waals surface area contributed by atoms with Gasteiger partial charge in [-0.3, -0.25) is 9.59 Å². The van der Waals surface area contributed by atoms with Crippen LogP contribution in [0.15, 0.2) is 60.7 Å². The molecule has 0 aromatic heterocycles. The molecule has 4 rings (SSSR count). The molecule has 6 heteroatoms. The van der Waals surface area contributed by atoms with Gasteiger partial charge >= 0.3 is 0 Å². The molecule has 0 N–H and O–H groups in total. The first-order valence-electron chi connectivity index (χ1n) is 12.1. The number of nitrogens with zero attached hydrogens (tertiary/aromatic N) is 3. The average molecular weight is 450 g/mol. The molecule has 2 amide bonds. The molecule has 2 aromatic rings. The highest BCUT2D eigenvalue weighted by Gasteiger charge is 2.35. The van der Waals surface area contributed by atoms with Crippen LogP contribution in [0.1, 0.15) is 24.8 Å². The van der Waals surface area contributed by atoms with E-state index in [1.807, 2.05) is 58.3 Å². The summed E-state index contributed by atoms with van der Waals surface area (Å²) in [6.07, 6.45) is 2.33. The van der Waals surface area contributed by atoms with Crippen LogP contribution < -0.4 is 4.74 Å². The lowest BCUT2D eigenvalue weighted by molar-refractivity contribution is -0.140. The minimum absolute atomic E-state index is 0.00760. The van der Waals surface area contributed by atoms with Crippen molar-refractivity contribution in [2.75, 3.05) is 46.3 Å². The van der Waals surface area contributed by atoms with Gasteiger partial charge in [-0.05, 0) is 31.2 Å². The number of ether oxygens (including phenoxy) is 1. The van der Waals surface area contributed by atoms with Gasteiger partial charge in [-0.1, -0.05) is 48.5 Å². The van der Waals surface area contributed by atoms with E-state index in [0.29, 0.717) is 25.9 Å². The Morgan fingerprint density at radius 2 is 1.52 bits per heavy atom. The van der Waals surface area contributed by atoms with Gasteiger partial charge in [0.25, 0.3) is 0 Å². The number of hydrogen-bond acceptors (Lipinski definition) is 4. The molecular weight excluding hydrogens is 414 g/mol. The highest BCUT2D eigenvalue weighted by molar-refractivity contribution is 5.78. The minimum Gasteiger partial charge on any atom is -0.490 e. The van der Waals surface area contributed by atoms with Crippen molar-refractivity contribution in [1.29, 1.82) is 0 Å². The molecule has 2 fully saturated rings. The predicted molar refractivity (Wildman–Crippen MR) is 129 cm³/mol. The van der Waals surface area contributed by atoms with Crippen molar-refractivity contribution in [3.63, 3.8) is 0 Å². The zero-order valence-electron chi connectivity index (χ0n) is 19.6. The molecule has 2 heterocycles. The number of aryl methyl sites for hydroxylation is 1. The van der Waals surface area contributed by atoms with Crippen molar-refractivity contribution in [2.45, 2.75) is 31.8 Å². The number of benzene rings is 2. The van der Waals surface area contributed by atoms with Crippen molar-refractivity contribution < 1.29 is 14.3 Å². The smallest absolute Gasteiger partial charge is 0.223 e. The first-order valence-corrected chi connectivity index (χ1v) is 12.1. The number of carbonyl (C=O) groups is 2. The molecule has 0 unspecified atom stereocenters. The fourth-order valence-corrected chi connectivity index (χ4v) is 4.73. The van der Waals surface area contributed by atoms with E-state index in [9.17, 15) is 9.59 Å². The molecule has 0 radical (unpaired) electrons. The van der Waals surface area contributed by atoms with Crippen LogP contribution in [-0.2, 0) is 16.0 Å². The van der Waals surface area contributed by atoms with Gasteiger partial charge in [0, 0.05) is 64.4 Å². The predicted octanol–water partition coefficient (Wildman–Crippen LogP) is 3.08. The number of amides is 2. The Balaban J connectivity index is 1.39. The fraction of sp³-hybridized carbons (Fsp3) is 0.481. The van der Waals surface area contributed by atoms with Gasteiger partial charge in [0.15, 0.2) is 0 Å². The second kappa shape index (κ2) is 11.3. The lowest BCUT2D eigenvalue weighted by atomic mass is 9.90. The van der Waals surface area contributed by atoms with Gasteiger partial charge in [0.2, 0.25) is 11.8 Å². The molecule has 6 nitrogen and oxygen atoms in total. The summed E-state index contributed by atoms with van der Waals surface area (Å²) >= 11 is 0. The van der Waals surface area contributed by atoms with Crippen LogP contribution in [0.2, 0.25) is 0 Å². The summed E-state index contributed by atoms with van der Waals surface area (Å²) in [4.78, 5) is 32.3. The maximum absolute atomic E-state index is 13.1. The van der Waals surface area contributed by atoms with Gasteiger partial charge in [-0.2, -0.15) is 0 Å². The Bertz CT molecular complexity index is 897. The SMILES string of the molecule is CN1CCN(C(=O)C[C@H]2CN(C(=O)CCc3ccccc3)CC[C@@H]2Oc2ccccc2)CC1. The number of piperidine rings is 1. The van der Waals surface area contributed by atoms with Crippen molar-refractivity contribution in [3.8, 4) is 5.75 Å². The molecule has 2 aromatic carbocycles. The van der Waals surface area contributed by atoms with Crippen LogP contribution in [-0.4, -0.2) is 78.9 Å². The molecule has 0 spiro atoms. The summed E-state index contributed by atoms with van der Waals surface area (Å²) in [5, 5.41) is 0. The topological polar surface area (TPSA) is 53.1 Å². The van der Waals surface area contributed by atoms with Gasteiger partial charge in [0.1, 0.15) is 11.9 Å². The van der Waals surface area contributed by atoms with Crippen LogP contribution >= 0.6 is 0 Å². The molecule has 2 atom stereocenters. The van der Waals surface area contributed by atoms with E-state index in [4.69, 9.17) is 4.74 Å². The number of likely N-dealkylation sites (N-methyl/N-ethyl adjacent to an activating group) is 1. The first-order chi connectivity index (χ1) is 16.1. The Hall–Kier alpha value is -2.86. The van der Waals surface area contributed by atoms with Gasteiger partial charge in [-0.15, -0.1) is 0 Å².